The standard InChI is InChI=1S/C18H28N4O2/c1-6-21(7-2)13-16-9-17(14(4)24-16)18(23)22(8-3)12-15-10-19-20(5)11-15/h9-11H,6-8,12-13H2,1-5H3. The zero-order chi connectivity index (χ0) is 17.7. The van der Waals surface area contributed by atoms with Crippen molar-refractivity contribution in [3.63, 3.8) is 0 Å². The van der Waals surface area contributed by atoms with Crippen molar-refractivity contribution in [3.05, 3.63) is 41.1 Å². The zero-order valence-corrected chi connectivity index (χ0v) is 15.4. The summed E-state index contributed by atoms with van der Waals surface area (Å²) in [5.41, 5.74) is 1.68. The monoisotopic (exact) mass is 332 g/mol. The van der Waals surface area contributed by atoms with Crippen LogP contribution in [-0.4, -0.2) is 45.1 Å². The van der Waals surface area contributed by atoms with Gasteiger partial charge in [-0.3, -0.25) is 14.4 Å². The molecule has 0 saturated heterocycles. The maximum atomic E-state index is 12.9. The van der Waals surface area contributed by atoms with Gasteiger partial charge in [0.1, 0.15) is 11.5 Å². The fourth-order valence-electron chi connectivity index (χ4n) is 2.77. The van der Waals surface area contributed by atoms with Crippen molar-refractivity contribution in [2.75, 3.05) is 19.6 Å². The third-order valence-corrected chi connectivity index (χ3v) is 4.27. The van der Waals surface area contributed by atoms with Gasteiger partial charge in [0, 0.05) is 31.9 Å². The van der Waals surface area contributed by atoms with E-state index in [1.807, 2.05) is 38.1 Å². The highest BCUT2D eigenvalue weighted by Gasteiger charge is 2.21. The molecule has 0 bridgehead atoms. The molecule has 0 aliphatic carbocycles. The van der Waals surface area contributed by atoms with Crippen LogP contribution in [0.5, 0.6) is 0 Å². The zero-order valence-electron chi connectivity index (χ0n) is 15.4. The van der Waals surface area contributed by atoms with E-state index in [-0.39, 0.29) is 5.91 Å². The molecule has 24 heavy (non-hydrogen) atoms. The summed E-state index contributed by atoms with van der Waals surface area (Å²) < 4.78 is 7.56. The molecule has 0 unspecified atom stereocenters. The van der Waals surface area contributed by atoms with E-state index in [1.54, 1.807) is 10.9 Å². The van der Waals surface area contributed by atoms with Crippen LogP contribution < -0.4 is 0 Å². The molecule has 1 amide bonds. The summed E-state index contributed by atoms with van der Waals surface area (Å²) in [6, 6.07) is 1.89. The SMILES string of the molecule is CCN(CC)Cc1cc(C(=O)N(CC)Cc2cnn(C)c2)c(C)o1. The lowest BCUT2D eigenvalue weighted by atomic mass is 10.2. The summed E-state index contributed by atoms with van der Waals surface area (Å²) in [5, 5.41) is 4.16. The van der Waals surface area contributed by atoms with Gasteiger partial charge in [-0.15, -0.1) is 0 Å². The summed E-state index contributed by atoms with van der Waals surface area (Å²) >= 11 is 0. The lowest BCUT2D eigenvalue weighted by Crippen LogP contribution is -2.30. The molecule has 0 saturated carbocycles. The van der Waals surface area contributed by atoms with Crippen LogP contribution in [0.15, 0.2) is 22.9 Å². The third-order valence-electron chi connectivity index (χ3n) is 4.27. The molecule has 0 N–H and O–H groups in total. The van der Waals surface area contributed by atoms with Gasteiger partial charge in [-0.05, 0) is 33.0 Å². The maximum Gasteiger partial charge on any atom is 0.257 e. The molecule has 2 aromatic heterocycles. The average molecular weight is 332 g/mol. The molecule has 2 aromatic rings. The number of aryl methyl sites for hydroxylation is 2. The number of hydrogen-bond acceptors (Lipinski definition) is 4. The van der Waals surface area contributed by atoms with Crippen molar-refractivity contribution in [2.24, 2.45) is 7.05 Å². The molecule has 0 radical (unpaired) electrons. The van der Waals surface area contributed by atoms with E-state index in [2.05, 4.69) is 23.8 Å². The molecule has 6 heteroatoms. The largest absolute Gasteiger partial charge is 0.464 e. The first-order valence-electron chi connectivity index (χ1n) is 8.56. The number of hydrogen-bond donors (Lipinski definition) is 0. The van der Waals surface area contributed by atoms with E-state index < -0.39 is 0 Å². The summed E-state index contributed by atoms with van der Waals surface area (Å²) in [6.45, 7) is 11.9. The Hall–Kier alpha value is -2.08. The highest BCUT2D eigenvalue weighted by Crippen LogP contribution is 2.19. The molecule has 0 aliphatic heterocycles. The lowest BCUT2D eigenvalue weighted by molar-refractivity contribution is 0.0751. The first-order chi connectivity index (χ1) is 11.5. The summed E-state index contributed by atoms with van der Waals surface area (Å²) in [6.07, 6.45) is 3.73. The Morgan fingerprint density at radius 1 is 1.21 bits per heavy atom. The molecule has 0 spiro atoms. The molecule has 2 heterocycles. The van der Waals surface area contributed by atoms with E-state index in [4.69, 9.17) is 4.42 Å². The van der Waals surface area contributed by atoms with Crippen molar-refractivity contribution < 1.29 is 9.21 Å². The Balaban J connectivity index is 2.13. The molecule has 0 aliphatic rings. The predicted octanol–water partition coefficient (Wildman–Crippen LogP) is 2.83. The van der Waals surface area contributed by atoms with E-state index in [1.165, 1.54) is 0 Å². The molecule has 0 aromatic carbocycles. The fraction of sp³-hybridized carbons (Fsp3) is 0.556. The van der Waals surface area contributed by atoms with Crippen LogP contribution >= 0.6 is 0 Å². The van der Waals surface area contributed by atoms with Gasteiger partial charge in [0.15, 0.2) is 0 Å². The van der Waals surface area contributed by atoms with Gasteiger partial charge in [0.25, 0.3) is 5.91 Å². The lowest BCUT2D eigenvalue weighted by Gasteiger charge is -2.19. The molecular weight excluding hydrogens is 304 g/mol. The molecule has 0 fully saturated rings. The van der Waals surface area contributed by atoms with Crippen molar-refractivity contribution in [1.82, 2.24) is 19.6 Å². The second-order valence-corrected chi connectivity index (χ2v) is 5.99. The van der Waals surface area contributed by atoms with Crippen molar-refractivity contribution in [3.8, 4) is 0 Å². The minimum absolute atomic E-state index is 0.00778. The Bertz CT molecular complexity index is 670. The number of nitrogens with zero attached hydrogens (tertiary/aromatic N) is 4. The van der Waals surface area contributed by atoms with Crippen LogP contribution in [0, 0.1) is 6.92 Å². The second-order valence-electron chi connectivity index (χ2n) is 5.99. The fourth-order valence-corrected chi connectivity index (χ4v) is 2.77. The van der Waals surface area contributed by atoms with Gasteiger partial charge in [-0.25, -0.2) is 0 Å². The van der Waals surface area contributed by atoms with Gasteiger partial charge < -0.3 is 9.32 Å². The smallest absolute Gasteiger partial charge is 0.257 e. The predicted molar refractivity (Wildman–Crippen MR) is 93.7 cm³/mol. The van der Waals surface area contributed by atoms with Crippen LogP contribution in [0.3, 0.4) is 0 Å². The first kappa shape index (κ1) is 18.3. The number of aromatic nitrogens is 2. The van der Waals surface area contributed by atoms with Crippen LogP contribution in [-0.2, 0) is 20.1 Å². The number of amides is 1. The van der Waals surface area contributed by atoms with Crippen molar-refractivity contribution in [1.29, 1.82) is 0 Å². The number of carbonyl (C=O) groups is 1. The summed E-state index contributed by atoms with van der Waals surface area (Å²) in [4.78, 5) is 17.0. The molecule has 2 rings (SSSR count). The number of rotatable bonds is 8. The van der Waals surface area contributed by atoms with Crippen LogP contribution in [0.25, 0.3) is 0 Å². The maximum absolute atomic E-state index is 12.9. The normalized spacial score (nSPS) is 11.2. The van der Waals surface area contributed by atoms with Gasteiger partial charge in [0.2, 0.25) is 0 Å². The topological polar surface area (TPSA) is 54.5 Å². The Morgan fingerprint density at radius 3 is 2.46 bits per heavy atom. The number of carbonyl (C=O) groups excluding carboxylic acids is 1. The van der Waals surface area contributed by atoms with Crippen molar-refractivity contribution >= 4 is 5.91 Å². The van der Waals surface area contributed by atoms with E-state index >= 15 is 0 Å². The molecule has 6 nitrogen and oxygen atoms in total. The molecule has 132 valence electrons. The minimum Gasteiger partial charge on any atom is -0.464 e. The average Bonchev–Trinajstić information content (AvgIpc) is 3.15. The Morgan fingerprint density at radius 2 is 1.92 bits per heavy atom. The van der Waals surface area contributed by atoms with Gasteiger partial charge in [-0.2, -0.15) is 5.10 Å². The Kier molecular flexibility index (Phi) is 6.20. The van der Waals surface area contributed by atoms with Gasteiger partial charge in [0.05, 0.1) is 18.3 Å². The van der Waals surface area contributed by atoms with Crippen LogP contribution in [0.4, 0.5) is 0 Å². The van der Waals surface area contributed by atoms with E-state index in [0.29, 0.717) is 24.4 Å². The number of furan rings is 1. The minimum atomic E-state index is 0.00778. The van der Waals surface area contributed by atoms with Crippen LogP contribution in [0.2, 0.25) is 0 Å². The van der Waals surface area contributed by atoms with Crippen molar-refractivity contribution in [2.45, 2.75) is 40.8 Å². The van der Waals surface area contributed by atoms with Crippen LogP contribution in [0.1, 0.15) is 48.2 Å². The second kappa shape index (κ2) is 8.15. The molecule has 0 atom stereocenters. The Labute approximate surface area is 144 Å². The van der Waals surface area contributed by atoms with E-state index in [9.17, 15) is 4.79 Å². The quantitative estimate of drug-likeness (QED) is 0.746. The third kappa shape index (κ3) is 4.26. The van der Waals surface area contributed by atoms with E-state index in [0.717, 1.165) is 31.0 Å². The molecular formula is C18H28N4O2. The summed E-state index contributed by atoms with van der Waals surface area (Å²) in [7, 11) is 1.88. The first-order valence-corrected chi connectivity index (χ1v) is 8.56. The highest BCUT2D eigenvalue weighted by atomic mass is 16.3. The van der Waals surface area contributed by atoms with Gasteiger partial charge in [-0.1, -0.05) is 13.8 Å². The summed E-state index contributed by atoms with van der Waals surface area (Å²) in [5.74, 6) is 1.54. The van der Waals surface area contributed by atoms with Gasteiger partial charge >= 0.3 is 0 Å². The highest BCUT2D eigenvalue weighted by molar-refractivity contribution is 5.95.